The molecule has 1 aliphatic carbocycles. The monoisotopic (exact) mass is 247 g/mol. The summed E-state index contributed by atoms with van der Waals surface area (Å²) in [4.78, 5) is 0. The number of nitrogens with one attached hydrogen (secondary N) is 1. The molecule has 0 amide bonds. The molecule has 0 fully saturated rings. The topological polar surface area (TPSA) is 21.3 Å². The van der Waals surface area contributed by atoms with Crippen LogP contribution in [-0.2, 0) is 6.42 Å². The lowest BCUT2D eigenvalue weighted by atomic mass is 9.97. The maximum Gasteiger partial charge on any atom is 0.119 e. The Kier molecular flexibility index (Phi) is 4.65. The van der Waals surface area contributed by atoms with Gasteiger partial charge in [0, 0.05) is 6.04 Å². The Labute approximate surface area is 111 Å². The van der Waals surface area contributed by atoms with Gasteiger partial charge in [0.25, 0.3) is 0 Å². The molecule has 1 aromatic carbocycles. The van der Waals surface area contributed by atoms with Crippen LogP contribution >= 0.6 is 0 Å². The van der Waals surface area contributed by atoms with Gasteiger partial charge in [0.05, 0.1) is 6.61 Å². The van der Waals surface area contributed by atoms with Crippen LogP contribution in [-0.4, -0.2) is 13.2 Å². The molecule has 0 saturated carbocycles. The molecule has 2 atom stereocenters. The minimum atomic E-state index is 0.489. The Bertz CT molecular complexity index is 389. The molecule has 0 bridgehead atoms. The molecule has 0 saturated heterocycles. The lowest BCUT2D eigenvalue weighted by Crippen LogP contribution is -2.22. The summed E-state index contributed by atoms with van der Waals surface area (Å²) in [5, 5.41) is 3.62. The predicted molar refractivity (Wildman–Crippen MR) is 76.1 cm³/mol. The highest BCUT2D eigenvalue weighted by Gasteiger charge is 2.22. The van der Waals surface area contributed by atoms with Crippen molar-refractivity contribution in [1.82, 2.24) is 5.32 Å². The third-order valence-corrected chi connectivity index (χ3v) is 3.80. The third-order valence-electron chi connectivity index (χ3n) is 3.80. The van der Waals surface area contributed by atoms with E-state index in [0.29, 0.717) is 6.04 Å². The van der Waals surface area contributed by atoms with E-state index in [1.54, 1.807) is 0 Å². The van der Waals surface area contributed by atoms with Gasteiger partial charge in [-0.05, 0) is 61.9 Å². The van der Waals surface area contributed by atoms with E-state index in [1.807, 2.05) is 6.92 Å². The van der Waals surface area contributed by atoms with Crippen LogP contribution in [0.2, 0.25) is 0 Å². The molecular formula is C16H25NO. The molecule has 1 aromatic rings. The first kappa shape index (κ1) is 13.4. The van der Waals surface area contributed by atoms with Gasteiger partial charge in [0.1, 0.15) is 5.75 Å². The lowest BCUT2D eigenvalue weighted by Gasteiger charge is -2.21. The Morgan fingerprint density at radius 2 is 2.17 bits per heavy atom. The van der Waals surface area contributed by atoms with Crippen LogP contribution < -0.4 is 10.1 Å². The normalized spacial score (nSPS) is 23.3. The number of hydrogen-bond donors (Lipinski definition) is 1. The number of hydrogen-bond acceptors (Lipinski definition) is 2. The summed E-state index contributed by atoms with van der Waals surface area (Å²) in [5.41, 5.74) is 2.95. The maximum atomic E-state index is 5.64. The SMILES string of the molecule is CCNC1CC(C)CCc2ccc(OCC)cc21. The van der Waals surface area contributed by atoms with Crippen molar-refractivity contribution < 1.29 is 4.74 Å². The smallest absolute Gasteiger partial charge is 0.119 e. The van der Waals surface area contributed by atoms with Crippen molar-refractivity contribution in [1.29, 1.82) is 0 Å². The molecule has 0 radical (unpaired) electrons. The van der Waals surface area contributed by atoms with Gasteiger partial charge in [-0.2, -0.15) is 0 Å². The van der Waals surface area contributed by atoms with Crippen molar-refractivity contribution in [2.24, 2.45) is 5.92 Å². The summed E-state index contributed by atoms with van der Waals surface area (Å²) in [5.74, 6) is 1.80. The van der Waals surface area contributed by atoms with E-state index < -0.39 is 0 Å². The van der Waals surface area contributed by atoms with Crippen LogP contribution in [0.3, 0.4) is 0 Å². The summed E-state index contributed by atoms with van der Waals surface area (Å²) < 4.78 is 5.64. The quantitative estimate of drug-likeness (QED) is 0.819. The zero-order valence-electron chi connectivity index (χ0n) is 11.8. The van der Waals surface area contributed by atoms with Gasteiger partial charge in [-0.15, -0.1) is 0 Å². The highest BCUT2D eigenvalue weighted by molar-refractivity contribution is 5.38. The van der Waals surface area contributed by atoms with E-state index in [-0.39, 0.29) is 0 Å². The molecule has 0 spiro atoms. The number of benzene rings is 1. The molecule has 0 aromatic heterocycles. The fraction of sp³-hybridized carbons (Fsp3) is 0.625. The predicted octanol–water partition coefficient (Wildman–Crippen LogP) is 3.71. The van der Waals surface area contributed by atoms with Crippen molar-refractivity contribution in [3.63, 3.8) is 0 Å². The molecule has 1 N–H and O–H groups in total. The highest BCUT2D eigenvalue weighted by Crippen LogP contribution is 2.33. The Morgan fingerprint density at radius 3 is 2.89 bits per heavy atom. The average Bonchev–Trinajstić information content (AvgIpc) is 2.51. The molecular weight excluding hydrogens is 222 g/mol. The molecule has 2 heteroatoms. The van der Waals surface area contributed by atoms with E-state index in [9.17, 15) is 0 Å². The zero-order chi connectivity index (χ0) is 13.0. The summed E-state index contributed by atoms with van der Waals surface area (Å²) in [7, 11) is 0. The Balaban J connectivity index is 2.30. The average molecular weight is 247 g/mol. The van der Waals surface area contributed by atoms with E-state index in [0.717, 1.165) is 24.8 Å². The first-order valence-electron chi connectivity index (χ1n) is 7.23. The number of fused-ring (bicyclic) bond motifs is 1. The van der Waals surface area contributed by atoms with E-state index in [1.165, 1.54) is 30.4 Å². The van der Waals surface area contributed by atoms with Crippen LogP contribution in [0.15, 0.2) is 18.2 Å². The molecule has 2 nitrogen and oxygen atoms in total. The highest BCUT2D eigenvalue weighted by atomic mass is 16.5. The fourth-order valence-electron chi connectivity index (χ4n) is 2.87. The third kappa shape index (κ3) is 3.05. The van der Waals surface area contributed by atoms with Gasteiger partial charge < -0.3 is 10.1 Å². The molecule has 0 heterocycles. The largest absolute Gasteiger partial charge is 0.494 e. The van der Waals surface area contributed by atoms with Crippen molar-refractivity contribution in [3.05, 3.63) is 29.3 Å². The van der Waals surface area contributed by atoms with Gasteiger partial charge in [0.2, 0.25) is 0 Å². The van der Waals surface area contributed by atoms with Gasteiger partial charge in [0.15, 0.2) is 0 Å². The summed E-state index contributed by atoms with van der Waals surface area (Å²) in [6, 6.07) is 7.09. The molecule has 100 valence electrons. The van der Waals surface area contributed by atoms with Crippen molar-refractivity contribution in [2.45, 2.75) is 46.1 Å². The molecule has 2 rings (SSSR count). The van der Waals surface area contributed by atoms with Crippen LogP contribution in [0.5, 0.6) is 5.75 Å². The van der Waals surface area contributed by atoms with Gasteiger partial charge in [-0.3, -0.25) is 0 Å². The molecule has 18 heavy (non-hydrogen) atoms. The number of rotatable bonds is 4. The van der Waals surface area contributed by atoms with Crippen molar-refractivity contribution in [2.75, 3.05) is 13.2 Å². The summed E-state index contributed by atoms with van der Waals surface area (Å²) in [6.45, 7) is 8.34. The van der Waals surface area contributed by atoms with Crippen LogP contribution in [0.1, 0.15) is 50.8 Å². The van der Waals surface area contributed by atoms with E-state index in [4.69, 9.17) is 4.74 Å². The minimum absolute atomic E-state index is 0.489. The Hall–Kier alpha value is -1.02. The molecule has 1 aliphatic rings. The minimum Gasteiger partial charge on any atom is -0.494 e. The summed E-state index contributed by atoms with van der Waals surface area (Å²) in [6.07, 6.45) is 3.73. The first-order valence-corrected chi connectivity index (χ1v) is 7.23. The standard InChI is InChI=1S/C16H25NO/c1-4-17-16-10-12(3)6-7-13-8-9-14(18-5-2)11-15(13)16/h8-9,11-12,16-17H,4-7,10H2,1-3H3. The van der Waals surface area contributed by atoms with E-state index in [2.05, 4.69) is 37.4 Å². The first-order chi connectivity index (χ1) is 8.74. The summed E-state index contributed by atoms with van der Waals surface area (Å²) >= 11 is 0. The van der Waals surface area contributed by atoms with Crippen molar-refractivity contribution >= 4 is 0 Å². The van der Waals surface area contributed by atoms with Gasteiger partial charge >= 0.3 is 0 Å². The number of ether oxygens (including phenoxy) is 1. The fourth-order valence-corrected chi connectivity index (χ4v) is 2.87. The lowest BCUT2D eigenvalue weighted by molar-refractivity contribution is 0.339. The Morgan fingerprint density at radius 1 is 1.33 bits per heavy atom. The number of aryl methyl sites for hydroxylation is 1. The molecule has 2 unspecified atom stereocenters. The van der Waals surface area contributed by atoms with Crippen LogP contribution in [0.25, 0.3) is 0 Å². The second-order valence-electron chi connectivity index (χ2n) is 5.28. The van der Waals surface area contributed by atoms with Gasteiger partial charge in [-0.1, -0.05) is 19.9 Å². The van der Waals surface area contributed by atoms with Crippen LogP contribution in [0.4, 0.5) is 0 Å². The second-order valence-corrected chi connectivity index (χ2v) is 5.28. The van der Waals surface area contributed by atoms with Gasteiger partial charge in [-0.25, -0.2) is 0 Å². The second kappa shape index (κ2) is 6.24. The molecule has 0 aliphatic heterocycles. The van der Waals surface area contributed by atoms with Crippen LogP contribution in [0, 0.1) is 5.92 Å². The maximum absolute atomic E-state index is 5.64. The van der Waals surface area contributed by atoms with Crippen molar-refractivity contribution in [3.8, 4) is 5.75 Å². The van der Waals surface area contributed by atoms with E-state index >= 15 is 0 Å². The zero-order valence-corrected chi connectivity index (χ0v) is 11.8.